The number of hydrogen-bond donors (Lipinski definition) is 2. The van der Waals surface area contributed by atoms with Crippen molar-refractivity contribution in [2.75, 3.05) is 13.1 Å². The SMILES string of the molecule is Cc1nc(Oc2ccc(CC(=O)O)cc2F)cc(OC2CCN(C(=O)O)CC2)n1. The van der Waals surface area contributed by atoms with Crippen molar-refractivity contribution in [1.29, 1.82) is 0 Å². The lowest BCUT2D eigenvalue weighted by atomic mass is 10.1. The molecule has 2 heterocycles. The molecule has 1 aromatic heterocycles. The van der Waals surface area contributed by atoms with E-state index < -0.39 is 17.9 Å². The van der Waals surface area contributed by atoms with Crippen molar-refractivity contribution >= 4 is 12.1 Å². The van der Waals surface area contributed by atoms with E-state index in [4.69, 9.17) is 19.7 Å². The molecule has 0 unspecified atom stereocenters. The average molecular weight is 405 g/mol. The van der Waals surface area contributed by atoms with Crippen molar-refractivity contribution < 1.29 is 33.7 Å². The minimum atomic E-state index is -1.06. The Labute approximate surface area is 165 Å². The van der Waals surface area contributed by atoms with Crippen molar-refractivity contribution in [3.63, 3.8) is 0 Å². The summed E-state index contributed by atoms with van der Waals surface area (Å²) in [6, 6.07) is 5.34. The number of carboxylic acid groups (broad SMARTS) is 2. The quantitative estimate of drug-likeness (QED) is 0.752. The number of aryl methyl sites for hydroxylation is 1. The lowest BCUT2D eigenvalue weighted by molar-refractivity contribution is -0.136. The van der Waals surface area contributed by atoms with E-state index in [9.17, 15) is 14.0 Å². The van der Waals surface area contributed by atoms with Gasteiger partial charge in [0.05, 0.1) is 12.5 Å². The lowest BCUT2D eigenvalue weighted by Crippen LogP contribution is -2.41. The average Bonchev–Trinajstić information content (AvgIpc) is 2.63. The molecule has 1 aliphatic heterocycles. The van der Waals surface area contributed by atoms with Gasteiger partial charge in [0.25, 0.3) is 0 Å². The molecule has 3 rings (SSSR count). The minimum absolute atomic E-state index is 0.0837. The second-order valence-corrected chi connectivity index (χ2v) is 6.62. The van der Waals surface area contributed by atoms with Crippen molar-refractivity contribution in [1.82, 2.24) is 14.9 Å². The van der Waals surface area contributed by atoms with Gasteiger partial charge in [0, 0.05) is 25.9 Å². The van der Waals surface area contributed by atoms with Crippen LogP contribution < -0.4 is 9.47 Å². The maximum Gasteiger partial charge on any atom is 0.407 e. The normalized spacial score (nSPS) is 14.5. The highest BCUT2D eigenvalue weighted by Crippen LogP contribution is 2.27. The van der Waals surface area contributed by atoms with Crippen LogP contribution in [-0.2, 0) is 11.2 Å². The first-order valence-electron chi connectivity index (χ1n) is 8.98. The second-order valence-electron chi connectivity index (χ2n) is 6.62. The molecular weight excluding hydrogens is 385 g/mol. The Morgan fingerprint density at radius 3 is 2.48 bits per heavy atom. The molecule has 1 fully saturated rings. The maximum absolute atomic E-state index is 14.2. The molecule has 1 amide bonds. The van der Waals surface area contributed by atoms with Gasteiger partial charge in [-0.25, -0.2) is 9.18 Å². The number of rotatable bonds is 6. The summed E-state index contributed by atoms with van der Waals surface area (Å²) >= 11 is 0. The molecule has 0 aliphatic carbocycles. The predicted octanol–water partition coefficient (Wildman–Crippen LogP) is 2.86. The zero-order valence-corrected chi connectivity index (χ0v) is 15.7. The zero-order chi connectivity index (χ0) is 21.0. The number of carboxylic acids is 1. The molecule has 0 radical (unpaired) electrons. The van der Waals surface area contributed by atoms with Crippen LogP contribution in [0.5, 0.6) is 17.5 Å². The summed E-state index contributed by atoms with van der Waals surface area (Å²) in [4.78, 5) is 31.3. The Morgan fingerprint density at radius 1 is 1.17 bits per heavy atom. The summed E-state index contributed by atoms with van der Waals surface area (Å²) in [6.45, 7) is 2.39. The molecule has 0 spiro atoms. The lowest BCUT2D eigenvalue weighted by Gasteiger charge is -2.29. The third-order valence-corrected chi connectivity index (χ3v) is 4.36. The molecule has 10 heteroatoms. The van der Waals surface area contributed by atoms with Crippen LogP contribution in [-0.4, -0.2) is 56.3 Å². The number of amides is 1. The minimum Gasteiger partial charge on any atom is -0.481 e. The van der Waals surface area contributed by atoms with E-state index in [2.05, 4.69) is 9.97 Å². The van der Waals surface area contributed by atoms with Gasteiger partial charge < -0.3 is 24.6 Å². The number of piperidine rings is 1. The number of halogens is 1. The van der Waals surface area contributed by atoms with Crippen molar-refractivity contribution in [2.24, 2.45) is 0 Å². The molecule has 0 atom stereocenters. The van der Waals surface area contributed by atoms with Crippen LogP contribution in [0.15, 0.2) is 24.3 Å². The molecule has 1 aliphatic rings. The number of ether oxygens (including phenoxy) is 2. The first kappa shape index (κ1) is 20.3. The molecule has 0 bridgehead atoms. The number of aliphatic carboxylic acids is 1. The number of carbonyl (C=O) groups is 2. The fraction of sp³-hybridized carbons (Fsp3) is 0.368. The van der Waals surface area contributed by atoms with Gasteiger partial charge in [-0.2, -0.15) is 9.97 Å². The molecule has 9 nitrogen and oxygen atoms in total. The smallest absolute Gasteiger partial charge is 0.407 e. The van der Waals surface area contributed by atoms with E-state index in [0.717, 1.165) is 6.07 Å². The summed E-state index contributed by atoms with van der Waals surface area (Å²) in [5, 5.41) is 17.8. The Hall–Kier alpha value is -3.43. The molecule has 0 saturated carbocycles. The van der Waals surface area contributed by atoms with Gasteiger partial charge in [-0.05, 0) is 24.6 Å². The predicted molar refractivity (Wildman–Crippen MR) is 97.8 cm³/mol. The molecule has 2 N–H and O–H groups in total. The first-order valence-corrected chi connectivity index (χ1v) is 8.98. The second kappa shape index (κ2) is 8.72. The van der Waals surface area contributed by atoms with Crippen molar-refractivity contribution in [2.45, 2.75) is 32.3 Å². The third kappa shape index (κ3) is 5.53. The number of hydrogen-bond acceptors (Lipinski definition) is 6. The molecule has 29 heavy (non-hydrogen) atoms. The van der Waals surface area contributed by atoms with E-state index in [0.29, 0.717) is 37.3 Å². The maximum atomic E-state index is 14.2. The van der Waals surface area contributed by atoms with Crippen LogP contribution in [0.4, 0.5) is 9.18 Å². The van der Waals surface area contributed by atoms with Crippen LogP contribution in [0.2, 0.25) is 0 Å². The third-order valence-electron chi connectivity index (χ3n) is 4.36. The van der Waals surface area contributed by atoms with Crippen LogP contribution >= 0.6 is 0 Å². The van der Waals surface area contributed by atoms with Crippen LogP contribution in [0.3, 0.4) is 0 Å². The monoisotopic (exact) mass is 405 g/mol. The summed E-state index contributed by atoms with van der Waals surface area (Å²) in [5.74, 6) is -1.16. The summed E-state index contributed by atoms with van der Waals surface area (Å²) < 4.78 is 25.5. The van der Waals surface area contributed by atoms with Gasteiger partial charge in [0.1, 0.15) is 11.9 Å². The number of benzene rings is 1. The van der Waals surface area contributed by atoms with Crippen LogP contribution in [0.25, 0.3) is 0 Å². The van der Waals surface area contributed by atoms with Gasteiger partial charge >= 0.3 is 12.1 Å². The molecule has 1 saturated heterocycles. The van der Waals surface area contributed by atoms with Crippen molar-refractivity contribution in [3.05, 3.63) is 41.5 Å². The Bertz CT molecular complexity index is 915. The molecule has 1 aromatic carbocycles. The van der Waals surface area contributed by atoms with E-state index in [1.807, 2.05) is 0 Å². The number of likely N-dealkylation sites (tertiary alicyclic amines) is 1. The van der Waals surface area contributed by atoms with Crippen LogP contribution in [0.1, 0.15) is 24.2 Å². The molecule has 2 aromatic rings. The van der Waals surface area contributed by atoms with Crippen molar-refractivity contribution in [3.8, 4) is 17.5 Å². The topological polar surface area (TPSA) is 122 Å². The first-order chi connectivity index (χ1) is 13.8. The Balaban J connectivity index is 1.68. The zero-order valence-electron chi connectivity index (χ0n) is 15.7. The fourth-order valence-electron chi connectivity index (χ4n) is 2.99. The van der Waals surface area contributed by atoms with E-state index >= 15 is 0 Å². The van der Waals surface area contributed by atoms with E-state index in [1.54, 1.807) is 6.92 Å². The molecular formula is C19H20FN3O6. The van der Waals surface area contributed by atoms with Gasteiger partial charge in [-0.3, -0.25) is 4.79 Å². The number of aromatic nitrogens is 2. The van der Waals surface area contributed by atoms with Gasteiger partial charge in [0.2, 0.25) is 11.8 Å². The highest BCUT2D eigenvalue weighted by Gasteiger charge is 2.24. The van der Waals surface area contributed by atoms with Gasteiger partial charge in [-0.1, -0.05) is 6.07 Å². The van der Waals surface area contributed by atoms with E-state index in [-0.39, 0.29) is 30.0 Å². The summed E-state index contributed by atoms with van der Waals surface area (Å²) in [5.41, 5.74) is 0.318. The van der Waals surface area contributed by atoms with Gasteiger partial charge in [0.15, 0.2) is 11.6 Å². The highest BCUT2D eigenvalue weighted by atomic mass is 19.1. The fourth-order valence-corrected chi connectivity index (χ4v) is 2.99. The summed E-state index contributed by atoms with van der Waals surface area (Å²) in [6.07, 6.45) is -0.368. The summed E-state index contributed by atoms with van der Waals surface area (Å²) in [7, 11) is 0. The van der Waals surface area contributed by atoms with Gasteiger partial charge in [-0.15, -0.1) is 0 Å². The molecule has 154 valence electrons. The Kier molecular flexibility index (Phi) is 6.10. The largest absolute Gasteiger partial charge is 0.481 e. The van der Waals surface area contributed by atoms with E-state index in [1.165, 1.54) is 23.1 Å². The Morgan fingerprint density at radius 2 is 1.86 bits per heavy atom. The standard InChI is InChI=1S/C19H20FN3O6/c1-11-21-16(28-13-4-6-23(7-5-13)19(26)27)10-17(22-11)29-15-3-2-12(8-14(15)20)9-18(24)25/h2-3,8,10,13H,4-7,9H2,1H3,(H,24,25)(H,26,27). The van der Waals surface area contributed by atoms with Crippen LogP contribution in [0, 0.1) is 12.7 Å². The number of nitrogens with zero attached hydrogens (tertiary/aromatic N) is 3. The highest BCUT2D eigenvalue weighted by molar-refractivity contribution is 5.70.